The summed E-state index contributed by atoms with van der Waals surface area (Å²) in [6, 6.07) is 8.10. The average molecular weight is 286 g/mol. The van der Waals surface area contributed by atoms with Gasteiger partial charge in [0.2, 0.25) is 5.91 Å². The summed E-state index contributed by atoms with van der Waals surface area (Å²) in [5.74, 6) is 0.901. The Morgan fingerprint density at radius 3 is 3.05 bits per heavy atom. The molecule has 0 unspecified atom stereocenters. The minimum absolute atomic E-state index is 0.0890. The van der Waals surface area contributed by atoms with Crippen LogP contribution in [0.15, 0.2) is 30.6 Å². The zero-order chi connectivity index (χ0) is 14.5. The van der Waals surface area contributed by atoms with Crippen molar-refractivity contribution in [2.45, 2.75) is 25.8 Å². The van der Waals surface area contributed by atoms with Gasteiger partial charge in [0.05, 0.1) is 23.9 Å². The highest BCUT2D eigenvalue weighted by Crippen LogP contribution is 2.27. The smallest absolute Gasteiger partial charge is 0.233 e. The van der Waals surface area contributed by atoms with Gasteiger partial charge in [0.15, 0.2) is 0 Å². The van der Waals surface area contributed by atoms with E-state index in [-0.39, 0.29) is 5.91 Å². The molecule has 0 spiro atoms. The first-order chi connectivity index (χ1) is 10.3. The van der Waals surface area contributed by atoms with Gasteiger partial charge in [0.25, 0.3) is 0 Å². The number of aryl methyl sites for hydroxylation is 1. The van der Waals surface area contributed by atoms with E-state index in [0.717, 1.165) is 36.5 Å². The Morgan fingerprint density at radius 2 is 2.19 bits per heavy atom. The van der Waals surface area contributed by atoms with E-state index in [0.29, 0.717) is 13.1 Å². The molecule has 1 aliphatic carbocycles. The molecular weight excluding hydrogens is 264 g/mol. The molecular formula is C16H22N4O. The van der Waals surface area contributed by atoms with Gasteiger partial charge in [-0.05, 0) is 43.9 Å². The first-order valence-corrected chi connectivity index (χ1v) is 7.70. The van der Waals surface area contributed by atoms with Crippen LogP contribution in [0.25, 0.3) is 11.0 Å². The third-order valence-electron chi connectivity index (χ3n) is 3.84. The van der Waals surface area contributed by atoms with Gasteiger partial charge in [-0.15, -0.1) is 0 Å². The number of aromatic nitrogens is 2. The fourth-order valence-electron chi connectivity index (χ4n) is 2.44. The number of amides is 1. The number of fused-ring (bicyclic) bond motifs is 1. The first-order valence-electron chi connectivity index (χ1n) is 7.70. The predicted molar refractivity (Wildman–Crippen MR) is 83.0 cm³/mol. The first kappa shape index (κ1) is 14.1. The molecule has 1 aliphatic rings. The number of hydrogen-bond donors (Lipinski definition) is 2. The summed E-state index contributed by atoms with van der Waals surface area (Å²) in [7, 11) is 0. The molecule has 1 heterocycles. The molecule has 0 saturated heterocycles. The second kappa shape index (κ2) is 6.72. The van der Waals surface area contributed by atoms with Crippen LogP contribution in [-0.4, -0.2) is 35.1 Å². The maximum Gasteiger partial charge on any atom is 0.233 e. The van der Waals surface area contributed by atoms with Crippen molar-refractivity contribution >= 4 is 16.9 Å². The predicted octanol–water partition coefficient (Wildman–Crippen LogP) is 1.54. The van der Waals surface area contributed by atoms with Crippen molar-refractivity contribution in [1.29, 1.82) is 0 Å². The zero-order valence-electron chi connectivity index (χ0n) is 12.2. The number of benzene rings is 1. The van der Waals surface area contributed by atoms with E-state index in [2.05, 4.69) is 26.3 Å². The number of para-hydroxylation sites is 2. The summed E-state index contributed by atoms with van der Waals surface area (Å²) in [4.78, 5) is 16.0. The largest absolute Gasteiger partial charge is 0.355 e. The van der Waals surface area contributed by atoms with Crippen LogP contribution in [0.5, 0.6) is 0 Å². The summed E-state index contributed by atoms with van der Waals surface area (Å²) in [5, 5.41) is 6.15. The van der Waals surface area contributed by atoms with Crippen molar-refractivity contribution < 1.29 is 4.79 Å². The quantitative estimate of drug-likeness (QED) is 0.724. The molecule has 1 saturated carbocycles. The van der Waals surface area contributed by atoms with E-state index in [4.69, 9.17) is 0 Å². The minimum Gasteiger partial charge on any atom is -0.355 e. The van der Waals surface area contributed by atoms with Crippen molar-refractivity contribution in [2.75, 3.05) is 19.6 Å². The molecule has 1 amide bonds. The molecule has 2 N–H and O–H groups in total. The highest BCUT2D eigenvalue weighted by atomic mass is 16.1. The molecule has 0 radical (unpaired) electrons. The molecule has 0 bridgehead atoms. The maximum atomic E-state index is 11.6. The number of rotatable bonds is 8. The Hall–Kier alpha value is -1.88. The minimum atomic E-state index is 0.0890. The number of hydrogen-bond acceptors (Lipinski definition) is 3. The Labute approximate surface area is 124 Å². The molecule has 1 aromatic heterocycles. The van der Waals surface area contributed by atoms with Crippen molar-refractivity contribution in [2.24, 2.45) is 5.92 Å². The second-order valence-electron chi connectivity index (χ2n) is 5.70. The lowest BCUT2D eigenvalue weighted by atomic mass is 10.3. The summed E-state index contributed by atoms with van der Waals surface area (Å²) in [5.41, 5.74) is 2.17. The van der Waals surface area contributed by atoms with Gasteiger partial charge in [-0.1, -0.05) is 12.1 Å². The topological polar surface area (TPSA) is 59.0 Å². The Balaban J connectivity index is 1.34. The van der Waals surface area contributed by atoms with E-state index >= 15 is 0 Å². The van der Waals surface area contributed by atoms with Crippen LogP contribution in [-0.2, 0) is 11.3 Å². The van der Waals surface area contributed by atoms with Gasteiger partial charge >= 0.3 is 0 Å². The number of imidazole rings is 1. The number of nitrogens with one attached hydrogen (secondary N) is 2. The molecule has 1 aromatic carbocycles. The van der Waals surface area contributed by atoms with Crippen LogP contribution in [0.1, 0.15) is 19.3 Å². The average Bonchev–Trinajstić information content (AvgIpc) is 3.23. The van der Waals surface area contributed by atoms with E-state index in [9.17, 15) is 4.79 Å². The highest BCUT2D eigenvalue weighted by Gasteiger charge is 2.20. The SMILES string of the molecule is O=C(CNCC1CC1)NCCCn1cnc2ccccc21. The summed E-state index contributed by atoms with van der Waals surface area (Å²) < 4.78 is 2.13. The van der Waals surface area contributed by atoms with Crippen molar-refractivity contribution in [3.63, 3.8) is 0 Å². The Kier molecular flexibility index (Phi) is 4.50. The third-order valence-corrected chi connectivity index (χ3v) is 3.84. The molecule has 1 fully saturated rings. The molecule has 112 valence electrons. The molecule has 21 heavy (non-hydrogen) atoms. The summed E-state index contributed by atoms with van der Waals surface area (Å²) in [6.07, 6.45) is 5.40. The lowest BCUT2D eigenvalue weighted by molar-refractivity contribution is -0.120. The van der Waals surface area contributed by atoms with Gasteiger partial charge < -0.3 is 15.2 Å². The third kappa shape index (κ3) is 4.04. The van der Waals surface area contributed by atoms with Crippen molar-refractivity contribution in [1.82, 2.24) is 20.2 Å². The van der Waals surface area contributed by atoms with Crippen LogP contribution >= 0.6 is 0 Å². The van der Waals surface area contributed by atoms with Crippen molar-refractivity contribution in [3.05, 3.63) is 30.6 Å². The Bertz CT molecular complexity index is 603. The normalized spacial score (nSPS) is 14.5. The van der Waals surface area contributed by atoms with Crippen LogP contribution in [0, 0.1) is 5.92 Å². The fraction of sp³-hybridized carbons (Fsp3) is 0.500. The van der Waals surface area contributed by atoms with E-state index in [1.165, 1.54) is 12.8 Å². The van der Waals surface area contributed by atoms with E-state index in [1.54, 1.807) is 0 Å². The number of carbonyl (C=O) groups is 1. The number of carbonyl (C=O) groups excluding carboxylic acids is 1. The molecule has 0 aliphatic heterocycles. The van der Waals surface area contributed by atoms with E-state index < -0.39 is 0 Å². The lowest BCUT2D eigenvalue weighted by Crippen LogP contribution is -2.35. The lowest BCUT2D eigenvalue weighted by Gasteiger charge is -2.07. The zero-order valence-corrected chi connectivity index (χ0v) is 12.2. The van der Waals surface area contributed by atoms with Gasteiger partial charge in [-0.25, -0.2) is 4.98 Å². The van der Waals surface area contributed by atoms with Gasteiger partial charge in [0, 0.05) is 13.1 Å². The second-order valence-corrected chi connectivity index (χ2v) is 5.70. The fourth-order valence-corrected chi connectivity index (χ4v) is 2.44. The van der Waals surface area contributed by atoms with Crippen LogP contribution in [0.4, 0.5) is 0 Å². The molecule has 2 aromatic rings. The summed E-state index contributed by atoms with van der Waals surface area (Å²) in [6.45, 7) is 2.99. The highest BCUT2D eigenvalue weighted by molar-refractivity contribution is 5.78. The molecule has 5 nitrogen and oxygen atoms in total. The van der Waals surface area contributed by atoms with Crippen molar-refractivity contribution in [3.8, 4) is 0 Å². The van der Waals surface area contributed by atoms with Gasteiger partial charge in [-0.2, -0.15) is 0 Å². The van der Waals surface area contributed by atoms with Crippen LogP contribution < -0.4 is 10.6 Å². The van der Waals surface area contributed by atoms with E-state index in [1.807, 2.05) is 24.5 Å². The van der Waals surface area contributed by atoms with Crippen LogP contribution in [0.3, 0.4) is 0 Å². The summed E-state index contributed by atoms with van der Waals surface area (Å²) >= 11 is 0. The van der Waals surface area contributed by atoms with Crippen LogP contribution in [0.2, 0.25) is 0 Å². The standard InChI is InChI=1S/C16H22N4O/c21-16(11-17-10-13-6-7-13)18-8-3-9-20-12-19-14-4-1-2-5-15(14)20/h1-2,4-5,12-13,17H,3,6-11H2,(H,18,21). The van der Waals surface area contributed by atoms with Gasteiger partial charge in [-0.3, -0.25) is 4.79 Å². The number of nitrogens with zero attached hydrogens (tertiary/aromatic N) is 2. The monoisotopic (exact) mass is 286 g/mol. The molecule has 3 rings (SSSR count). The molecule has 0 atom stereocenters. The molecule has 5 heteroatoms. The Morgan fingerprint density at radius 1 is 1.33 bits per heavy atom. The maximum absolute atomic E-state index is 11.6. The van der Waals surface area contributed by atoms with Gasteiger partial charge in [0.1, 0.15) is 0 Å².